The van der Waals surface area contributed by atoms with E-state index < -0.39 is 0 Å². The predicted octanol–water partition coefficient (Wildman–Crippen LogP) is 2.97. The van der Waals surface area contributed by atoms with E-state index in [1.165, 1.54) is 38.5 Å². The van der Waals surface area contributed by atoms with E-state index in [2.05, 4.69) is 19.2 Å². The highest BCUT2D eigenvalue weighted by molar-refractivity contribution is 4.69. The SMILES string of the molecule is CCCC(CNCC)OCCC1CCC1. The Labute approximate surface area is 94.8 Å². The van der Waals surface area contributed by atoms with Crippen molar-refractivity contribution >= 4 is 0 Å². The second kappa shape index (κ2) is 8.12. The van der Waals surface area contributed by atoms with Crippen LogP contribution in [-0.4, -0.2) is 25.8 Å². The molecule has 1 unspecified atom stereocenters. The second-order valence-corrected chi connectivity index (χ2v) is 4.67. The summed E-state index contributed by atoms with van der Waals surface area (Å²) < 4.78 is 5.93. The molecule has 0 aromatic rings. The van der Waals surface area contributed by atoms with Crippen LogP contribution < -0.4 is 5.32 Å². The van der Waals surface area contributed by atoms with E-state index in [0.717, 1.165) is 25.6 Å². The number of nitrogens with one attached hydrogen (secondary N) is 1. The summed E-state index contributed by atoms with van der Waals surface area (Å²) in [7, 11) is 0. The van der Waals surface area contributed by atoms with Crippen LogP contribution in [0.3, 0.4) is 0 Å². The fraction of sp³-hybridized carbons (Fsp3) is 1.00. The molecule has 0 aromatic heterocycles. The van der Waals surface area contributed by atoms with Gasteiger partial charge in [-0.25, -0.2) is 0 Å². The van der Waals surface area contributed by atoms with Crippen LogP contribution >= 0.6 is 0 Å². The van der Waals surface area contributed by atoms with Crippen molar-refractivity contribution in [3.05, 3.63) is 0 Å². The molecule has 0 heterocycles. The maximum Gasteiger partial charge on any atom is 0.0699 e. The van der Waals surface area contributed by atoms with Gasteiger partial charge in [0.25, 0.3) is 0 Å². The lowest BCUT2D eigenvalue weighted by Gasteiger charge is -2.26. The first kappa shape index (κ1) is 13.0. The number of hydrogen-bond donors (Lipinski definition) is 1. The Kier molecular flexibility index (Phi) is 7.03. The zero-order chi connectivity index (χ0) is 10.9. The van der Waals surface area contributed by atoms with Gasteiger partial charge in [-0.05, 0) is 25.3 Å². The molecular formula is C13H27NO. The Bertz CT molecular complexity index is 145. The number of likely N-dealkylation sites (N-methyl/N-ethyl adjacent to an activating group) is 1. The van der Waals surface area contributed by atoms with Crippen LogP contribution in [0.1, 0.15) is 52.4 Å². The fourth-order valence-corrected chi connectivity index (χ4v) is 2.05. The summed E-state index contributed by atoms with van der Waals surface area (Å²) in [6.07, 6.45) is 8.46. The normalized spacial score (nSPS) is 18.8. The molecule has 1 saturated carbocycles. The molecule has 2 nitrogen and oxygen atoms in total. The van der Waals surface area contributed by atoms with Crippen molar-refractivity contribution in [1.82, 2.24) is 5.32 Å². The van der Waals surface area contributed by atoms with Crippen LogP contribution in [0.2, 0.25) is 0 Å². The number of rotatable bonds is 9. The van der Waals surface area contributed by atoms with Gasteiger partial charge in [-0.1, -0.05) is 39.5 Å². The van der Waals surface area contributed by atoms with Gasteiger partial charge in [0.05, 0.1) is 6.10 Å². The standard InChI is InChI=1S/C13H27NO/c1-3-6-13(11-14-4-2)15-10-9-12-7-5-8-12/h12-14H,3-11H2,1-2H3. The third-order valence-electron chi connectivity index (χ3n) is 3.34. The highest BCUT2D eigenvalue weighted by atomic mass is 16.5. The molecule has 0 radical (unpaired) electrons. The molecule has 0 saturated heterocycles. The van der Waals surface area contributed by atoms with E-state index in [1.54, 1.807) is 0 Å². The summed E-state index contributed by atoms with van der Waals surface area (Å²) >= 11 is 0. The molecule has 90 valence electrons. The Morgan fingerprint density at radius 3 is 2.67 bits per heavy atom. The van der Waals surface area contributed by atoms with E-state index in [0.29, 0.717) is 6.10 Å². The summed E-state index contributed by atoms with van der Waals surface area (Å²) in [5.74, 6) is 0.978. The fourth-order valence-electron chi connectivity index (χ4n) is 2.05. The van der Waals surface area contributed by atoms with Crippen LogP contribution in [0.15, 0.2) is 0 Å². The summed E-state index contributed by atoms with van der Waals surface area (Å²) in [5.41, 5.74) is 0. The largest absolute Gasteiger partial charge is 0.377 e. The van der Waals surface area contributed by atoms with Crippen molar-refractivity contribution in [3.8, 4) is 0 Å². The van der Waals surface area contributed by atoms with Crippen LogP contribution in [-0.2, 0) is 4.74 Å². The molecule has 1 fully saturated rings. The lowest BCUT2D eigenvalue weighted by molar-refractivity contribution is 0.0330. The molecule has 1 aliphatic rings. The zero-order valence-electron chi connectivity index (χ0n) is 10.4. The third kappa shape index (κ3) is 5.53. The van der Waals surface area contributed by atoms with Gasteiger partial charge in [0.1, 0.15) is 0 Å². The third-order valence-corrected chi connectivity index (χ3v) is 3.34. The molecule has 0 spiro atoms. The first-order valence-electron chi connectivity index (χ1n) is 6.69. The summed E-state index contributed by atoms with van der Waals surface area (Å²) in [4.78, 5) is 0. The molecule has 1 aliphatic carbocycles. The van der Waals surface area contributed by atoms with Gasteiger partial charge in [-0.15, -0.1) is 0 Å². The molecule has 1 rings (SSSR count). The van der Waals surface area contributed by atoms with Gasteiger partial charge in [-0.2, -0.15) is 0 Å². The van der Waals surface area contributed by atoms with E-state index in [4.69, 9.17) is 4.74 Å². The molecule has 2 heteroatoms. The average Bonchev–Trinajstić information content (AvgIpc) is 2.18. The maximum atomic E-state index is 5.93. The number of hydrogen-bond acceptors (Lipinski definition) is 2. The summed E-state index contributed by atoms with van der Waals surface area (Å²) in [6, 6.07) is 0. The summed E-state index contributed by atoms with van der Waals surface area (Å²) in [5, 5.41) is 3.37. The molecule has 0 bridgehead atoms. The summed E-state index contributed by atoms with van der Waals surface area (Å²) in [6.45, 7) is 7.42. The van der Waals surface area contributed by atoms with E-state index in [9.17, 15) is 0 Å². The molecule has 0 amide bonds. The quantitative estimate of drug-likeness (QED) is 0.636. The van der Waals surface area contributed by atoms with Gasteiger partial charge in [0.2, 0.25) is 0 Å². The van der Waals surface area contributed by atoms with Crippen LogP contribution in [0, 0.1) is 5.92 Å². The molecule has 1 atom stereocenters. The van der Waals surface area contributed by atoms with E-state index in [1.807, 2.05) is 0 Å². The Morgan fingerprint density at radius 1 is 1.33 bits per heavy atom. The molecular weight excluding hydrogens is 186 g/mol. The molecule has 15 heavy (non-hydrogen) atoms. The Hall–Kier alpha value is -0.0800. The monoisotopic (exact) mass is 213 g/mol. The van der Waals surface area contributed by atoms with Crippen molar-refractivity contribution in [3.63, 3.8) is 0 Å². The van der Waals surface area contributed by atoms with Gasteiger partial charge >= 0.3 is 0 Å². The van der Waals surface area contributed by atoms with E-state index >= 15 is 0 Å². The van der Waals surface area contributed by atoms with Gasteiger partial charge in [0, 0.05) is 13.2 Å². The van der Waals surface area contributed by atoms with Crippen molar-refractivity contribution in [2.75, 3.05) is 19.7 Å². The second-order valence-electron chi connectivity index (χ2n) is 4.67. The molecule has 0 aliphatic heterocycles. The molecule has 1 N–H and O–H groups in total. The first-order chi connectivity index (χ1) is 7.36. The minimum absolute atomic E-state index is 0.440. The van der Waals surface area contributed by atoms with Crippen molar-refractivity contribution in [2.45, 2.75) is 58.5 Å². The van der Waals surface area contributed by atoms with Crippen LogP contribution in [0.25, 0.3) is 0 Å². The Balaban J connectivity index is 2.01. The predicted molar refractivity (Wildman–Crippen MR) is 65.1 cm³/mol. The minimum atomic E-state index is 0.440. The van der Waals surface area contributed by atoms with Crippen molar-refractivity contribution in [2.24, 2.45) is 5.92 Å². The Morgan fingerprint density at radius 2 is 2.13 bits per heavy atom. The van der Waals surface area contributed by atoms with E-state index in [-0.39, 0.29) is 0 Å². The topological polar surface area (TPSA) is 21.3 Å². The van der Waals surface area contributed by atoms with Gasteiger partial charge in [-0.3, -0.25) is 0 Å². The lowest BCUT2D eigenvalue weighted by atomic mass is 9.83. The van der Waals surface area contributed by atoms with Gasteiger partial charge < -0.3 is 10.1 Å². The smallest absolute Gasteiger partial charge is 0.0699 e. The minimum Gasteiger partial charge on any atom is -0.377 e. The highest BCUT2D eigenvalue weighted by Gasteiger charge is 2.17. The lowest BCUT2D eigenvalue weighted by Crippen LogP contribution is -2.29. The first-order valence-corrected chi connectivity index (χ1v) is 6.69. The zero-order valence-corrected chi connectivity index (χ0v) is 10.4. The average molecular weight is 213 g/mol. The van der Waals surface area contributed by atoms with Crippen LogP contribution in [0.5, 0.6) is 0 Å². The number of ether oxygens (including phenoxy) is 1. The van der Waals surface area contributed by atoms with Crippen molar-refractivity contribution < 1.29 is 4.74 Å². The van der Waals surface area contributed by atoms with Crippen molar-refractivity contribution in [1.29, 1.82) is 0 Å². The highest BCUT2D eigenvalue weighted by Crippen LogP contribution is 2.29. The maximum absolute atomic E-state index is 5.93. The van der Waals surface area contributed by atoms with Crippen LogP contribution in [0.4, 0.5) is 0 Å². The van der Waals surface area contributed by atoms with Gasteiger partial charge in [0.15, 0.2) is 0 Å². The molecule has 0 aromatic carbocycles.